The largest absolute Gasteiger partial charge is 0.396 e. The average molecular weight is 475 g/mol. The molecule has 31 heavy (non-hydrogen) atoms. The van der Waals surface area contributed by atoms with Gasteiger partial charge in [-0.3, -0.25) is 0 Å². The Morgan fingerprint density at radius 1 is 0.903 bits per heavy atom. The maximum absolute atomic E-state index is 9.14. The van der Waals surface area contributed by atoms with Crippen LogP contribution in [0.1, 0.15) is 54.9 Å². The lowest BCUT2D eigenvalue weighted by atomic mass is 10.1. The summed E-state index contributed by atoms with van der Waals surface area (Å²) in [6, 6.07) is -0.379. The molecule has 3 aliphatic rings. The molecule has 0 spiro atoms. The molecule has 0 aromatic carbocycles. The van der Waals surface area contributed by atoms with Crippen molar-refractivity contribution in [3.63, 3.8) is 0 Å². The monoisotopic (exact) mass is 474 g/mol. The molecule has 2 aliphatic carbocycles. The summed E-state index contributed by atoms with van der Waals surface area (Å²) < 4.78 is 16.3. The molecule has 1 saturated heterocycles. The van der Waals surface area contributed by atoms with Crippen molar-refractivity contribution in [2.45, 2.75) is 103 Å². The second-order valence-corrected chi connectivity index (χ2v) is 9.55. The lowest BCUT2D eigenvalue weighted by Gasteiger charge is -2.21. The molecule has 0 bridgehead atoms. The molecule has 2 saturated carbocycles. The van der Waals surface area contributed by atoms with Crippen LogP contribution < -0.4 is 11.5 Å². The normalized spacial score (nSPS) is 37.9. The van der Waals surface area contributed by atoms with Gasteiger partial charge in [-0.2, -0.15) is 0 Å². The maximum atomic E-state index is 9.14. The second kappa shape index (κ2) is 13.6. The van der Waals surface area contributed by atoms with Crippen molar-refractivity contribution >= 4 is 12.4 Å². The third-order valence-electron chi connectivity index (χ3n) is 5.55. The fraction of sp³-hybridized carbons (Fsp3) is 1.00. The first-order valence-electron chi connectivity index (χ1n) is 10.3. The highest BCUT2D eigenvalue weighted by Gasteiger charge is 2.52. The SMILES string of the molecule is C.CC1(C)O[C@@H]2[C@@H](CO)C[C@@H](N)[C@@H]2O1.COC(C)(C)C.Cl.N[C@@H]1C[C@H](CO)[C@@H](O)[C@H]1O. The van der Waals surface area contributed by atoms with Gasteiger partial charge < -0.3 is 46.1 Å². The highest BCUT2D eigenvalue weighted by atomic mass is 35.5. The molecule has 1 heterocycles. The minimum Gasteiger partial charge on any atom is -0.396 e. The van der Waals surface area contributed by atoms with Gasteiger partial charge in [-0.1, -0.05) is 7.43 Å². The van der Waals surface area contributed by atoms with E-state index in [1.807, 2.05) is 34.6 Å². The molecule has 0 radical (unpaired) electrons. The van der Waals surface area contributed by atoms with Crippen molar-refractivity contribution in [1.82, 2.24) is 0 Å². The van der Waals surface area contributed by atoms with Crippen LogP contribution in [0, 0.1) is 11.8 Å². The smallest absolute Gasteiger partial charge is 0.163 e. The molecule has 190 valence electrons. The van der Waals surface area contributed by atoms with Crippen LogP contribution in [-0.2, 0) is 14.2 Å². The molecular formula is C21H47ClN2O7. The van der Waals surface area contributed by atoms with Gasteiger partial charge in [0.2, 0.25) is 0 Å². The Morgan fingerprint density at radius 2 is 1.32 bits per heavy atom. The van der Waals surface area contributed by atoms with Gasteiger partial charge in [0, 0.05) is 44.2 Å². The number of ether oxygens (including phenoxy) is 3. The summed E-state index contributed by atoms with van der Waals surface area (Å²) in [6.45, 7) is 9.85. The fourth-order valence-electron chi connectivity index (χ4n) is 3.65. The lowest BCUT2D eigenvalue weighted by molar-refractivity contribution is -0.159. The molecule has 9 nitrogen and oxygen atoms in total. The first kappa shape index (κ1) is 33.1. The number of halogens is 1. The highest BCUT2D eigenvalue weighted by molar-refractivity contribution is 5.85. The van der Waals surface area contributed by atoms with Gasteiger partial charge >= 0.3 is 0 Å². The van der Waals surface area contributed by atoms with Crippen molar-refractivity contribution in [3.05, 3.63) is 0 Å². The molecule has 0 aromatic rings. The first-order chi connectivity index (χ1) is 13.3. The van der Waals surface area contributed by atoms with Crippen LogP contribution in [0.15, 0.2) is 0 Å². The molecular weight excluding hydrogens is 428 g/mol. The van der Waals surface area contributed by atoms with Crippen LogP contribution in [0.25, 0.3) is 0 Å². The summed E-state index contributed by atoms with van der Waals surface area (Å²) in [4.78, 5) is 0. The van der Waals surface area contributed by atoms with E-state index in [0.29, 0.717) is 6.42 Å². The van der Waals surface area contributed by atoms with Gasteiger partial charge in [-0.25, -0.2) is 0 Å². The maximum Gasteiger partial charge on any atom is 0.163 e. The fourth-order valence-corrected chi connectivity index (χ4v) is 3.65. The van der Waals surface area contributed by atoms with Crippen LogP contribution in [0.4, 0.5) is 0 Å². The van der Waals surface area contributed by atoms with Crippen molar-refractivity contribution in [3.8, 4) is 0 Å². The number of aliphatic hydroxyl groups is 4. The van der Waals surface area contributed by atoms with Crippen molar-refractivity contribution in [2.24, 2.45) is 23.3 Å². The molecule has 3 rings (SSSR count). The second-order valence-electron chi connectivity index (χ2n) is 9.55. The minimum atomic E-state index is -0.864. The van der Waals surface area contributed by atoms with E-state index >= 15 is 0 Å². The highest BCUT2D eigenvalue weighted by Crippen LogP contribution is 2.40. The lowest BCUT2D eigenvalue weighted by Crippen LogP contribution is -2.35. The zero-order valence-electron chi connectivity index (χ0n) is 19.0. The summed E-state index contributed by atoms with van der Waals surface area (Å²) in [5.74, 6) is -0.646. The number of rotatable bonds is 2. The predicted octanol–water partition coefficient (Wildman–Crippen LogP) is 0.383. The van der Waals surface area contributed by atoms with Crippen molar-refractivity contribution in [1.29, 1.82) is 0 Å². The van der Waals surface area contributed by atoms with E-state index in [4.69, 9.17) is 46.1 Å². The summed E-state index contributed by atoms with van der Waals surface area (Å²) in [5, 5.41) is 36.0. The molecule has 10 heteroatoms. The predicted molar refractivity (Wildman–Crippen MR) is 123 cm³/mol. The van der Waals surface area contributed by atoms with Crippen LogP contribution >= 0.6 is 12.4 Å². The molecule has 0 amide bonds. The average Bonchev–Trinajstić information content (AvgIpc) is 3.20. The van der Waals surface area contributed by atoms with Crippen LogP contribution in [0.5, 0.6) is 0 Å². The summed E-state index contributed by atoms with van der Waals surface area (Å²) in [6.07, 6.45) is -0.472. The van der Waals surface area contributed by atoms with Gasteiger partial charge in [-0.15, -0.1) is 12.4 Å². The van der Waals surface area contributed by atoms with Crippen LogP contribution in [-0.4, -0.2) is 88.6 Å². The van der Waals surface area contributed by atoms with E-state index in [-0.39, 0.29) is 74.8 Å². The van der Waals surface area contributed by atoms with Gasteiger partial charge in [0.1, 0.15) is 6.10 Å². The van der Waals surface area contributed by atoms with Gasteiger partial charge in [0.15, 0.2) is 5.79 Å². The van der Waals surface area contributed by atoms with Gasteiger partial charge in [0.05, 0.1) is 23.9 Å². The van der Waals surface area contributed by atoms with Gasteiger partial charge in [-0.05, 0) is 47.5 Å². The Balaban J connectivity index is 0. The molecule has 3 fully saturated rings. The van der Waals surface area contributed by atoms with E-state index in [0.717, 1.165) is 6.42 Å². The Morgan fingerprint density at radius 3 is 1.65 bits per heavy atom. The summed E-state index contributed by atoms with van der Waals surface area (Å²) in [7, 11) is 1.71. The first-order valence-corrected chi connectivity index (χ1v) is 10.3. The molecule has 8 N–H and O–H groups in total. The third kappa shape index (κ3) is 9.75. The van der Waals surface area contributed by atoms with Crippen molar-refractivity contribution < 1.29 is 34.6 Å². The minimum absolute atomic E-state index is 0. The Kier molecular flexibility index (Phi) is 14.5. The number of nitrogens with two attached hydrogens (primary N) is 2. The van der Waals surface area contributed by atoms with Crippen molar-refractivity contribution in [2.75, 3.05) is 20.3 Å². The summed E-state index contributed by atoms with van der Waals surface area (Å²) >= 11 is 0. The zero-order valence-corrected chi connectivity index (χ0v) is 19.8. The Bertz CT molecular complexity index is 493. The molecule has 1 aliphatic heterocycles. The zero-order chi connectivity index (χ0) is 22.6. The van der Waals surface area contributed by atoms with Crippen LogP contribution in [0.2, 0.25) is 0 Å². The number of hydrogen-bond acceptors (Lipinski definition) is 9. The molecule has 8 atom stereocenters. The number of hydrogen-bond donors (Lipinski definition) is 6. The van der Waals surface area contributed by atoms with E-state index < -0.39 is 18.0 Å². The number of methoxy groups -OCH3 is 1. The quantitative estimate of drug-likeness (QED) is 0.332. The van der Waals surface area contributed by atoms with E-state index in [1.165, 1.54) is 0 Å². The molecule has 0 unspecified atom stereocenters. The van der Waals surface area contributed by atoms with E-state index in [2.05, 4.69) is 0 Å². The van der Waals surface area contributed by atoms with Crippen LogP contribution in [0.3, 0.4) is 0 Å². The number of fused-ring (bicyclic) bond motifs is 1. The topological polar surface area (TPSA) is 161 Å². The van der Waals surface area contributed by atoms with Gasteiger partial charge in [0.25, 0.3) is 0 Å². The van der Waals surface area contributed by atoms with E-state index in [9.17, 15) is 0 Å². The Hall–Kier alpha value is -0.0700. The standard InChI is InChI=1S/C9H17NO3.C6H13NO3.C5H12O.CH4.ClH/c1-9(2)12-7-5(4-11)3-6(10)8(7)13-9;7-4-1-3(2-8)5(9)6(4)10;1-5(2,3)6-4;;/h5-8,11H,3-4,10H2,1-2H3;3-6,8-10H,1-2,7H2;1-4H3;1H4;1H/t5-,6-,7-,8+;3-,4-,5-,6+;;;/m11.../s1. The Labute approximate surface area is 193 Å². The number of aliphatic hydroxyl groups excluding tert-OH is 4. The van der Waals surface area contributed by atoms with E-state index in [1.54, 1.807) is 7.11 Å². The molecule has 0 aromatic heterocycles. The third-order valence-corrected chi connectivity index (χ3v) is 5.55. The summed E-state index contributed by atoms with van der Waals surface area (Å²) in [5.41, 5.74) is 11.3.